The minimum Gasteiger partial charge on any atom is -0.302 e. The number of unbranched alkanes of at least 4 members (excludes halogenated alkanes) is 6. The van der Waals surface area contributed by atoms with E-state index < -0.39 is 0 Å². The highest BCUT2D eigenvalue weighted by Gasteiger charge is 2.03. The van der Waals surface area contributed by atoms with Gasteiger partial charge in [-0.2, -0.15) is 5.26 Å². The fraction of sp³-hybridized carbons (Fsp3) is 0.933. The van der Waals surface area contributed by atoms with Crippen LogP contribution in [-0.4, -0.2) is 24.5 Å². The molecule has 0 aromatic carbocycles. The van der Waals surface area contributed by atoms with Gasteiger partial charge in [0.05, 0.1) is 6.07 Å². The maximum atomic E-state index is 8.63. The molecular formula is C15H30N2. The fourth-order valence-corrected chi connectivity index (χ4v) is 2.04. The van der Waals surface area contributed by atoms with Crippen LogP contribution < -0.4 is 0 Å². The molecule has 0 aromatic rings. The highest BCUT2D eigenvalue weighted by molar-refractivity contribution is 4.72. The summed E-state index contributed by atoms with van der Waals surface area (Å²) in [6, 6.07) is 2.25. The van der Waals surface area contributed by atoms with Crippen molar-refractivity contribution in [1.82, 2.24) is 4.90 Å². The van der Waals surface area contributed by atoms with Gasteiger partial charge in [-0.25, -0.2) is 0 Å². The zero-order chi connectivity index (χ0) is 12.8. The standard InChI is InChI=1S/C15H30N2/c1-3-5-7-8-9-10-14-17(13-6-4-2)15-11-12-16/h3-11,13-15H2,1-2H3. The molecular weight excluding hydrogens is 208 g/mol. The van der Waals surface area contributed by atoms with Crippen molar-refractivity contribution in [3.63, 3.8) is 0 Å². The van der Waals surface area contributed by atoms with Crippen LogP contribution in [0.3, 0.4) is 0 Å². The van der Waals surface area contributed by atoms with Gasteiger partial charge in [-0.3, -0.25) is 0 Å². The van der Waals surface area contributed by atoms with Crippen LogP contribution in [0.5, 0.6) is 0 Å². The molecule has 0 bridgehead atoms. The maximum Gasteiger partial charge on any atom is 0.0635 e. The van der Waals surface area contributed by atoms with Gasteiger partial charge in [-0.05, 0) is 25.9 Å². The molecule has 0 fully saturated rings. The molecule has 0 aliphatic carbocycles. The van der Waals surface area contributed by atoms with Crippen molar-refractivity contribution in [2.45, 2.75) is 71.6 Å². The van der Waals surface area contributed by atoms with E-state index in [1.54, 1.807) is 0 Å². The average molecular weight is 238 g/mol. The summed E-state index contributed by atoms with van der Waals surface area (Å²) in [7, 11) is 0. The first-order valence-electron chi connectivity index (χ1n) is 7.44. The van der Waals surface area contributed by atoms with Gasteiger partial charge in [0.2, 0.25) is 0 Å². The summed E-state index contributed by atoms with van der Waals surface area (Å²) in [5.74, 6) is 0. The summed E-state index contributed by atoms with van der Waals surface area (Å²) in [6.45, 7) is 7.81. The van der Waals surface area contributed by atoms with Crippen molar-refractivity contribution in [2.75, 3.05) is 19.6 Å². The van der Waals surface area contributed by atoms with Crippen LogP contribution >= 0.6 is 0 Å². The van der Waals surface area contributed by atoms with E-state index in [-0.39, 0.29) is 0 Å². The van der Waals surface area contributed by atoms with Crippen LogP contribution in [0.2, 0.25) is 0 Å². The minimum atomic E-state index is 0.680. The molecule has 0 saturated carbocycles. The molecule has 0 unspecified atom stereocenters. The van der Waals surface area contributed by atoms with Gasteiger partial charge < -0.3 is 4.90 Å². The van der Waals surface area contributed by atoms with Crippen molar-refractivity contribution in [2.24, 2.45) is 0 Å². The molecule has 0 amide bonds. The van der Waals surface area contributed by atoms with Crippen molar-refractivity contribution < 1.29 is 0 Å². The van der Waals surface area contributed by atoms with Crippen molar-refractivity contribution in [1.29, 1.82) is 5.26 Å². The lowest BCUT2D eigenvalue weighted by Crippen LogP contribution is -2.27. The van der Waals surface area contributed by atoms with Crippen molar-refractivity contribution >= 4 is 0 Å². The molecule has 2 heteroatoms. The number of hydrogen-bond acceptors (Lipinski definition) is 2. The zero-order valence-corrected chi connectivity index (χ0v) is 11.9. The number of nitrogens with zero attached hydrogens (tertiary/aromatic N) is 2. The molecule has 0 heterocycles. The first-order valence-corrected chi connectivity index (χ1v) is 7.44. The summed E-state index contributed by atoms with van der Waals surface area (Å²) < 4.78 is 0. The Kier molecular flexibility index (Phi) is 13.1. The SMILES string of the molecule is CCCCCCCCN(CCC#N)CCCC. The number of nitriles is 1. The first kappa shape index (κ1) is 16.4. The Balaban J connectivity index is 3.50. The highest BCUT2D eigenvalue weighted by atomic mass is 15.1. The van der Waals surface area contributed by atoms with E-state index in [1.165, 1.54) is 64.5 Å². The normalized spacial score (nSPS) is 10.7. The Morgan fingerprint density at radius 1 is 0.765 bits per heavy atom. The smallest absolute Gasteiger partial charge is 0.0635 e. The van der Waals surface area contributed by atoms with Gasteiger partial charge in [-0.1, -0.05) is 52.4 Å². The van der Waals surface area contributed by atoms with Crippen molar-refractivity contribution in [3.05, 3.63) is 0 Å². The fourth-order valence-electron chi connectivity index (χ4n) is 2.04. The number of rotatable bonds is 12. The Morgan fingerprint density at radius 2 is 1.35 bits per heavy atom. The molecule has 0 rings (SSSR count). The second-order valence-corrected chi connectivity index (χ2v) is 4.87. The van der Waals surface area contributed by atoms with Crippen LogP contribution in [-0.2, 0) is 0 Å². The van der Waals surface area contributed by atoms with Crippen molar-refractivity contribution in [3.8, 4) is 6.07 Å². The number of hydrogen-bond donors (Lipinski definition) is 0. The van der Waals surface area contributed by atoms with Crippen LogP contribution in [0.15, 0.2) is 0 Å². The summed E-state index contributed by atoms with van der Waals surface area (Å²) >= 11 is 0. The summed E-state index contributed by atoms with van der Waals surface area (Å²) in [5, 5.41) is 8.63. The Hall–Kier alpha value is -0.550. The topological polar surface area (TPSA) is 27.0 Å². The molecule has 0 N–H and O–H groups in total. The van der Waals surface area contributed by atoms with Gasteiger partial charge in [0, 0.05) is 13.0 Å². The molecule has 0 spiro atoms. The summed E-state index contributed by atoms with van der Waals surface area (Å²) in [5.41, 5.74) is 0. The Labute approximate surface area is 108 Å². The van der Waals surface area contributed by atoms with Gasteiger partial charge in [0.1, 0.15) is 0 Å². The predicted octanol–water partition coefficient (Wildman–Crippen LogP) is 4.36. The lowest BCUT2D eigenvalue weighted by Gasteiger charge is -2.20. The van der Waals surface area contributed by atoms with E-state index in [0.717, 1.165) is 6.54 Å². The quantitative estimate of drug-likeness (QED) is 0.472. The lowest BCUT2D eigenvalue weighted by molar-refractivity contribution is 0.268. The molecule has 100 valence electrons. The molecule has 0 aliphatic rings. The zero-order valence-electron chi connectivity index (χ0n) is 11.9. The van der Waals surface area contributed by atoms with Crippen LogP contribution in [0.1, 0.15) is 71.6 Å². The third-order valence-electron chi connectivity index (χ3n) is 3.20. The van der Waals surface area contributed by atoms with Crippen LogP contribution in [0, 0.1) is 11.3 Å². The van der Waals surface area contributed by atoms with E-state index in [4.69, 9.17) is 5.26 Å². The predicted molar refractivity (Wildman–Crippen MR) is 75.0 cm³/mol. The molecule has 0 aliphatic heterocycles. The summed E-state index contributed by atoms with van der Waals surface area (Å²) in [6.07, 6.45) is 11.3. The third kappa shape index (κ3) is 11.7. The van der Waals surface area contributed by atoms with E-state index in [9.17, 15) is 0 Å². The van der Waals surface area contributed by atoms with E-state index in [1.807, 2.05) is 0 Å². The largest absolute Gasteiger partial charge is 0.302 e. The van der Waals surface area contributed by atoms with Gasteiger partial charge >= 0.3 is 0 Å². The lowest BCUT2D eigenvalue weighted by atomic mass is 10.1. The second kappa shape index (κ2) is 13.5. The van der Waals surface area contributed by atoms with Gasteiger partial charge in [0.15, 0.2) is 0 Å². The molecule has 17 heavy (non-hydrogen) atoms. The molecule has 2 nitrogen and oxygen atoms in total. The van der Waals surface area contributed by atoms with Crippen LogP contribution in [0.4, 0.5) is 0 Å². The highest BCUT2D eigenvalue weighted by Crippen LogP contribution is 2.07. The van der Waals surface area contributed by atoms with Gasteiger partial charge in [0.25, 0.3) is 0 Å². The molecule has 0 radical (unpaired) electrons. The third-order valence-corrected chi connectivity index (χ3v) is 3.20. The van der Waals surface area contributed by atoms with Crippen LogP contribution in [0.25, 0.3) is 0 Å². The minimum absolute atomic E-state index is 0.680. The average Bonchev–Trinajstić information content (AvgIpc) is 2.35. The van der Waals surface area contributed by atoms with E-state index in [0.29, 0.717) is 6.42 Å². The maximum absolute atomic E-state index is 8.63. The first-order chi connectivity index (χ1) is 8.35. The monoisotopic (exact) mass is 238 g/mol. The van der Waals surface area contributed by atoms with Gasteiger partial charge in [-0.15, -0.1) is 0 Å². The molecule has 0 aromatic heterocycles. The Bertz CT molecular complexity index is 184. The second-order valence-electron chi connectivity index (χ2n) is 4.87. The molecule has 0 saturated heterocycles. The van der Waals surface area contributed by atoms with E-state index in [2.05, 4.69) is 24.8 Å². The molecule has 0 atom stereocenters. The Morgan fingerprint density at radius 3 is 2.00 bits per heavy atom. The van der Waals surface area contributed by atoms with E-state index >= 15 is 0 Å². The summed E-state index contributed by atoms with van der Waals surface area (Å²) in [4.78, 5) is 2.46.